The zero-order valence-corrected chi connectivity index (χ0v) is 16.9. The molecule has 0 radical (unpaired) electrons. The van der Waals surface area contributed by atoms with E-state index < -0.39 is 11.6 Å². The van der Waals surface area contributed by atoms with Crippen LogP contribution >= 0.6 is 0 Å². The number of hydrogen-bond acceptors (Lipinski definition) is 0. The molecule has 0 aliphatic heterocycles. The largest absolute Gasteiger partial charge is 0.204 e. The molecule has 0 saturated heterocycles. The lowest BCUT2D eigenvalue weighted by molar-refractivity contribution is 0.0711. The molecule has 3 saturated carbocycles. The average Bonchev–Trinajstić information content (AvgIpc) is 2.70. The molecule has 2 unspecified atom stereocenters. The zero-order chi connectivity index (χ0) is 18.8. The van der Waals surface area contributed by atoms with Gasteiger partial charge in [0, 0.05) is 0 Å². The summed E-state index contributed by atoms with van der Waals surface area (Å²) >= 11 is 0. The maximum absolute atomic E-state index is 13.6. The summed E-state index contributed by atoms with van der Waals surface area (Å²) in [7, 11) is 0. The highest BCUT2D eigenvalue weighted by molar-refractivity contribution is 5.22. The van der Waals surface area contributed by atoms with E-state index >= 15 is 0 Å². The molecule has 0 heterocycles. The quantitative estimate of drug-likeness (QED) is 0.503. The molecule has 3 fully saturated rings. The summed E-state index contributed by atoms with van der Waals surface area (Å²) < 4.78 is 26.9. The molecule has 27 heavy (non-hydrogen) atoms. The first kappa shape index (κ1) is 19.4. The lowest BCUT2D eigenvalue weighted by atomic mass is 9.60. The van der Waals surface area contributed by atoms with Gasteiger partial charge in [-0.3, -0.25) is 0 Å². The summed E-state index contributed by atoms with van der Waals surface area (Å²) in [6, 6.07) is 4.56. The molecule has 0 spiro atoms. The van der Waals surface area contributed by atoms with Crippen LogP contribution in [0.15, 0.2) is 18.2 Å². The average molecular weight is 375 g/mol. The summed E-state index contributed by atoms with van der Waals surface area (Å²) in [4.78, 5) is 0. The smallest absolute Gasteiger partial charge is 0.159 e. The Morgan fingerprint density at radius 2 is 1.37 bits per heavy atom. The van der Waals surface area contributed by atoms with E-state index in [4.69, 9.17) is 0 Å². The number of hydrogen-bond donors (Lipinski definition) is 0. The van der Waals surface area contributed by atoms with Gasteiger partial charge in [0.1, 0.15) is 0 Å². The molecule has 1 aromatic rings. The highest BCUT2D eigenvalue weighted by atomic mass is 19.2. The SMILES string of the molecule is CCCC1CCC(C2CC[C@@H]3C[C@H](c4ccc(F)c(F)c4)CCC3C2)CC1. The van der Waals surface area contributed by atoms with Gasteiger partial charge in [-0.25, -0.2) is 8.78 Å². The van der Waals surface area contributed by atoms with Crippen LogP contribution in [-0.2, 0) is 0 Å². The first-order valence-electron chi connectivity index (χ1n) is 11.6. The fourth-order valence-electron chi connectivity index (χ4n) is 6.78. The second-order valence-electron chi connectivity index (χ2n) is 9.85. The van der Waals surface area contributed by atoms with Crippen LogP contribution in [0.5, 0.6) is 0 Å². The third kappa shape index (κ3) is 4.40. The number of halogens is 2. The molecule has 0 amide bonds. The van der Waals surface area contributed by atoms with Crippen LogP contribution in [0.2, 0.25) is 0 Å². The standard InChI is InChI=1S/C25H36F2/c1-2-3-17-4-6-18(7-5-17)19-8-9-21-15-22(11-10-20(21)14-19)23-12-13-24(26)25(27)16-23/h12-13,16-22H,2-11,14-15H2,1H3/t17?,18?,19?,20?,21-,22-/m1/s1. The van der Waals surface area contributed by atoms with E-state index in [1.165, 1.54) is 82.8 Å². The fourth-order valence-corrected chi connectivity index (χ4v) is 6.78. The highest BCUT2D eigenvalue weighted by Crippen LogP contribution is 2.51. The Hall–Kier alpha value is -0.920. The van der Waals surface area contributed by atoms with E-state index in [1.54, 1.807) is 0 Å². The Morgan fingerprint density at radius 1 is 0.741 bits per heavy atom. The predicted molar refractivity (Wildman–Crippen MR) is 108 cm³/mol. The van der Waals surface area contributed by atoms with E-state index in [1.807, 2.05) is 6.07 Å². The molecule has 1 aromatic carbocycles. The molecule has 3 aliphatic rings. The molecule has 2 heteroatoms. The minimum atomic E-state index is -0.721. The number of fused-ring (bicyclic) bond motifs is 1. The van der Waals surface area contributed by atoms with E-state index in [2.05, 4.69) is 6.92 Å². The molecule has 4 rings (SSSR count). The van der Waals surface area contributed by atoms with Gasteiger partial charge in [-0.05, 0) is 105 Å². The van der Waals surface area contributed by atoms with E-state index in [-0.39, 0.29) is 0 Å². The summed E-state index contributed by atoms with van der Waals surface area (Å²) in [5.74, 6) is 3.69. The first-order valence-corrected chi connectivity index (χ1v) is 11.6. The monoisotopic (exact) mass is 374 g/mol. The van der Waals surface area contributed by atoms with Crippen molar-refractivity contribution in [3.05, 3.63) is 35.4 Å². The summed E-state index contributed by atoms with van der Waals surface area (Å²) in [5.41, 5.74) is 1.02. The molecule has 3 aliphatic carbocycles. The van der Waals surface area contributed by atoms with Crippen molar-refractivity contribution in [3.8, 4) is 0 Å². The van der Waals surface area contributed by atoms with Crippen molar-refractivity contribution in [3.63, 3.8) is 0 Å². The van der Waals surface area contributed by atoms with Crippen LogP contribution in [0.1, 0.15) is 95.5 Å². The van der Waals surface area contributed by atoms with Gasteiger partial charge >= 0.3 is 0 Å². The van der Waals surface area contributed by atoms with Crippen LogP contribution in [-0.4, -0.2) is 0 Å². The second kappa shape index (κ2) is 8.62. The number of benzene rings is 1. The fraction of sp³-hybridized carbons (Fsp3) is 0.760. The van der Waals surface area contributed by atoms with Crippen LogP contribution in [0.4, 0.5) is 8.78 Å². The molecule has 0 bridgehead atoms. The maximum Gasteiger partial charge on any atom is 0.159 e. The Kier molecular flexibility index (Phi) is 6.19. The third-order valence-electron chi connectivity index (χ3n) is 8.32. The first-order chi connectivity index (χ1) is 13.1. The van der Waals surface area contributed by atoms with Gasteiger partial charge in [-0.2, -0.15) is 0 Å². The maximum atomic E-state index is 13.6. The third-order valence-corrected chi connectivity index (χ3v) is 8.32. The van der Waals surface area contributed by atoms with Gasteiger partial charge in [0.25, 0.3) is 0 Å². The molecule has 150 valence electrons. The van der Waals surface area contributed by atoms with Crippen molar-refractivity contribution in [1.82, 2.24) is 0 Å². The van der Waals surface area contributed by atoms with Crippen LogP contribution < -0.4 is 0 Å². The minimum absolute atomic E-state index is 0.433. The molecule has 0 aromatic heterocycles. The van der Waals surface area contributed by atoms with Crippen molar-refractivity contribution in [2.24, 2.45) is 29.6 Å². The predicted octanol–water partition coefficient (Wildman–Crippen LogP) is 7.87. The lowest BCUT2D eigenvalue weighted by Crippen LogP contribution is -2.34. The lowest BCUT2D eigenvalue weighted by Gasteiger charge is -2.45. The van der Waals surface area contributed by atoms with Gasteiger partial charge in [-0.1, -0.05) is 38.7 Å². The second-order valence-corrected chi connectivity index (χ2v) is 9.85. The molecule has 0 N–H and O–H groups in total. The number of rotatable bonds is 4. The van der Waals surface area contributed by atoms with Crippen molar-refractivity contribution >= 4 is 0 Å². The van der Waals surface area contributed by atoms with Crippen molar-refractivity contribution in [2.45, 2.75) is 89.9 Å². The summed E-state index contributed by atoms with van der Waals surface area (Å²) in [6.45, 7) is 2.32. The Balaban J connectivity index is 1.31. The normalized spacial score (nSPS) is 37.0. The van der Waals surface area contributed by atoms with Gasteiger partial charge < -0.3 is 0 Å². The molecule has 0 nitrogen and oxygen atoms in total. The Bertz CT molecular complexity index is 617. The van der Waals surface area contributed by atoms with Crippen LogP contribution in [0.3, 0.4) is 0 Å². The Morgan fingerprint density at radius 3 is 2.07 bits per heavy atom. The van der Waals surface area contributed by atoms with Gasteiger partial charge in [0.15, 0.2) is 11.6 Å². The highest BCUT2D eigenvalue weighted by Gasteiger charge is 2.39. The van der Waals surface area contributed by atoms with E-state index in [0.29, 0.717) is 5.92 Å². The van der Waals surface area contributed by atoms with Crippen molar-refractivity contribution in [1.29, 1.82) is 0 Å². The Labute approximate surface area is 164 Å². The summed E-state index contributed by atoms with van der Waals surface area (Å²) in [5, 5.41) is 0. The molecular formula is C25H36F2. The van der Waals surface area contributed by atoms with E-state index in [0.717, 1.165) is 41.6 Å². The van der Waals surface area contributed by atoms with Gasteiger partial charge in [0.2, 0.25) is 0 Å². The van der Waals surface area contributed by atoms with E-state index in [9.17, 15) is 8.78 Å². The van der Waals surface area contributed by atoms with Crippen molar-refractivity contribution in [2.75, 3.05) is 0 Å². The topological polar surface area (TPSA) is 0 Å². The zero-order valence-electron chi connectivity index (χ0n) is 16.9. The minimum Gasteiger partial charge on any atom is -0.204 e. The van der Waals surface area contributed by atoms with Gasteiger partial charge in [-0.15, -0.1) is 0 Å². The van der Waals surface area contributed by atoms with Gasteiger partial charge in [0.05, 0.1) is 0 Å². The van der Waals surface area contributed by atoms with Crippen LogP contribution in [0.25, 0.3) is 0 Å². The summed E-state index contributed by atoms with van der Waals surface area (Å²) in [6.07, 6.45) is 16.5. The van der Waals surface area contributed by atoms with Crippen LogP contribution in [0, 0.1) is 41.2 Å². The molecule has 4 atom stereocenters. The van der Waals surface area contributed by atoms with Crippen molar-refractivity contribution < 1.29 is 8.78 Å². The molecular weight excluding hydrogens is 338 g/mol.